The molecular weight excluding hydrogens is 397 g/mol. The standard InChI is InChI=1S/C24H20FN3OS/c25-22-9-5-4-8-21(22)23-17-30-24(26-15-14-18-6-2-1-3-7-18)28(23)27-16-19-10-12-20(29)13-11-19/h1-13,16-17,29H,14-15H2. The Morgan fingerprint density at radius 1 is 0.933 bits per heavy atom. The van der Waals surface area contributed by atoms with Crippen LogP contribution in [0, 0.1) is 5.82 Å². The zero-order chi connectivity index (χ0) is 20.8. The van der Waals surface area contributed by atoms with Crippen LogP contribution in [0.3, 0.4) is 0 Å². The number of benzene rings is 3. The molecule has 0 aliphatic carbocycles. The summed E-state index contributed by atoms with van der Waals surface area (Å²) < 4.78 is 16.1. The van der Waals surface area contributed by atoms with Crippen molar-refractivity contribution < 1.29 is 9.50 Å². The Bertz CT molecular complexity index is 1210. The zero-order valence-corrected chi connectivity index (χ0v) is 17.0. The molecule has 30 heavy (non-hydrogen) atoms. The Labute approximate surface area is 177 Å². The lowest BCUT2D eigenvalue weighted by Gasteiger charge is -2.05. The van der Waals surface area contributed by atoms with E-state index in [2.05, 4.69) is 17.2 Å². The molecule has 4 rings (SSSR count). The first-order valence-electron chi connectivity index (χ1n) is 9.54. The van der Waals surface area contributed by atoms with Gasteiger partial charge in [0.25, 0.3) is 0 Å². The second kappa shape index (κ2) is 9.33. The molecule has 1 heterocycles. The van der Waals surface area contributed by atoms with Crippen molar-refractivity contribution in [3.05, 3.63) is 106 Å². The van der Waals surface area contributed by atoms with E-state index in [1.165, 1.54) is 23.0 Å². The number of hydrogen-bond donors (Lipinski definition) is 1. The molecule has 0 unspecified atom stereocenters. The maximum Gasteiger partial charge on any atom is 0.206 e. The summed E-state index contributed by atoms with van der Waals surface area (Å²) in [5.74, 6) is -0.112. The van der Waals surface area contributed by atoms with Crippen LogP contribution in [0.1, 0.15) is 11.1 Å². The lowest BCUT2D eigenvalue weighted by Crippen LogP contribution is -2.13. The quantitative estimate of drug-likeness (QED) is 0.437. The van der Waals surface area contributed by atoms with E-state index < -0.39 is 0 Å². The molecular formula is C24H20FN3OS. The minimum atomic E-state index is -0.306. The van der Waals surface area contributed by atoms with E-state index in [4.69, 9.17) is 4.99 Å². The van der Waals surface area contributed by atoms with Gasteiger partial charge in [0.05, 0.1) is 11.9 Å². The molecule has 150 valence electrons. The van der Waals surface area contributed by atoms with Crippen molar-refractivity contribution in [2.24, 2.45) is 10.1 Å². The molecule has 6 heteroatoms. The summed E-state index contributed by atoms with van der Waals surface area (Å²) in [7, 11) is 0. The Balaban J connectivity index is 1.70. The summed E-state index contributed by atoms with van der Waals surface area (Å²) >= 11 is 1.43. The number of aromatic hydroxyl groups is 1. The van der Waals surface area contributed by atoms with E-state index in [0.29, 0.717) is 22.6 Å². The fraction of sp³-hybridized carbons (Fsp3) is 0.0833. The maximum absolute atomic E-state index is 14.4. The van der Waals surface area contributed by atoms with Crippen LogP contribution in [-0.4, -0.2) is 22.5 Å². The number of nitrogens with zero attached hydrogens (tertiary/aromatic N) is 3. The molecule has 0 amide bonds. The van der Waals surface area contributed by atoms with Crippen LogP contribution in [0.15, 0.2) is 94.3 Å². The number of phenols is 1. The monoisotopic (exact) mass is 417 g/mol. The van der Waals surface area contributed by atoms with Crippen LogP contribution >= 0.6 is 11.3 Å². The molecule has 0 aliphatic rings. The molecule has 3 aromatic carbocycles. The molecule has 0 atom stereocenters. The third-order valence-electron chi connectivity index (χ3n) is 4.54. The van der Waals surface area contributed by atoms with Gasteiger partial charge in [-0.1, -0.05) is 42.5 Å². The third-order valence-corrected chi connectivity index (χ3v) is 5.39. The highest BCUT2D eigenvalue weighted by Gasteiger charge is 2.11. The van der Waals surface area contributed by atoms with Gasteiger partial charge < -0.3 is 5.11 Å². The molecule has 0 fully saturated rings. The molecule has 0 saturated heterocycles. The number of phenolic OH excluding ortho intramolecular Hbond substituents is 1. The van der Waals surface area contributed by atoms with Crippen molar-refractivity contribution in [2.75, 3.05) is 6.54 Å². The van der Waals surface area contributed by atoms with Gasteiger partial charge in [0.1, 0.15) is 11.6 Å². The van der Waals surface area contributed by atoms with Crippen LogP contribution in [0.2, 0.25) is 0 Å². The zero-order valence-electron chi connectivity index (χ0n) is 16.1. The SMILES string of the molecule is Oc1ccc(C=Nn2c(-c3ccccc3F)csc2=NCCc2ccccc2)cc1. The average Bonchev–Trinajstić information content (AvgIpc) is 3.17. The van der Waals surface area contributed by atoms with Crippen molar-refractivity contribution in [1.29, 1.82) is 0 Å². The second-order valence-corrected chi connectivity index (χ2v) is 7.49. The van der Waals surface area contributed by atoms with Gasteiger partial charge in [-0.25, -0.2) is 9.07 Å². The van der Waals surface area contributed by atoms with E-state index in [9.17, 15) is 9.50 Å². The van der Waals surface area contributed by atoms with E-state index in [-0.39, 0.29) is 11.6 Å². The van der Waals surface area contributed by atoms with E-state index >= 15 is 0 Å². The van der Waals surface area contributed by atoms with E-state index in [1.54, 1.807) is 53.4 Å². The first-order valence-corrected chi connectivity index (χ1v) is 10.4. The van der Waals surface area contributed by atoms with Gasteiger partial charge in [0.2, 0.25) is 4.80 Å². The normalized spacial score (nSPS) is 12.0. The largest absolute Gasteiger partial charge is 0.508 e. The second-order valence-electron chi connectivity index (χ2n) is 6.65. The van der Waals surface area contributed by atoms with Crippen LogP contribution < -0.4 is 4.80 Å². The summed E-state index contributed by atoms with van der Waals surface area (Å²) in [4.78, 5) is 5.40. The lowest BCUT2D eigenvalue weighted by molar-refractivity contribution is 0.475. The van der Waals surface area contributed by atoms with Crippen LogP contribution in [0.5, 0.6) is 5.75 Å². The summed E-state index contributed by atoms with van der Waals surface area (Å²) in [5.41, 5.74) is 3.15. The highest BCUT2D eigenvalue weighted by molar-refractivity contribution is 7.07. The van der Waals surface area contributed by atoms with Gasteiger partial charge in [0.15, 0.2) is 0 Å². The summed E-state index contributed by atoms with van der Waals surface area (Å²) in [5, 5.41) is 15.9. The highest BCUT2D eigenvalue weighted by atomic mass is 32.1. The van der Waals surface area contributed by atoms with Gasteiger partial charge in [-0.3, -0.25) is 4.99 Å². The average molecular weight is 418 g/mol. The predicted molar refractivity (Wildman–Crippen MR) is 119 cm³/mol. The number of hydrogen-bond acceptors (Lipinski definition) is 4. The number of rotatable bonds is 6. The highest BCUT2D eigenvalue weighted by Crippen LogP contribution is 2.23. The Morgan fingerprint density at radius 3 is 2.43 bits per heavy atom. The van der Waals surface area contributed by atoms with Crippen LogP contribution in [-0.2, 0) is 6.42 Å². The lowest BCUT2D eigenvalue weighted by atomic mass is 10.1. The van der Waals surface area contributed by atoms with Gasteiger partial charge in [0, 0.05) is 17.5 Å². The Kier molecular flexibility index (Phi) is 6.15. The third kappa shape index (κ3) is 4.72. The minimum Gasteiger partial charge on any atom is -0.508 e. The van der Waals surface area contributed by atoms with Gasteiger partial charge in [-0.2, -0.15) is 5.10 Å². The van der Waals surface area contributed by atoms with E-state index in [0.717, 1.165) is 12.0 Å². The Hall–Kier alpha value is -3.51. The molecule has 0 bridgehead atoms. The fourth-order valence-corrected chi connectivity index (χ4v) is 3.84. The van der Waals surface area contributed by atoms with Gasteiger partial charge in [-0.05, 0) is 53.9 Å². The van der Waals surface area contributed by atoms with Crippen LogP contribution in [0.25, 0.3) is 11.3 Å². The van der Waals surface area contributed by atoms with Crippen molar-refractivity contribution in [2.45, 2.75) is 6.42 Å². The summed E-state index contributed by atoms with van der Waals surface area (Å²) in [6.45, 7) is 0.607. The Morgan fingerprint density at radius 2 is 1.67 bits per heavy atom. The minimum absolute atomic E-state index is 0.194. The summed E-state index contributed by atoms with van der Waals surface area (Å²) in [6, 6.07) is 23.5. The molecule has 4 aromatic rings. The topological polar surface area (TPSA) is 49.9 Å². The van der Waals surface area contributed by atoms with Crippen molar-refractivity contribution in [3.63, 3.8) is 0 Å². The summed E-state index contributed by atoms with van der Waals surface area (Å²) in [6.07, 6.45) is 2.49. The maximum atomic E-state index is 14.4. The first-order chi connectivity index (χ1) is 14.7. The molecule has 1 aromatic heterocycles. The molecule has 4 nitrogen and oxygen atoms in total. The fourth-order valence-electron chi connectivity index (χ4n) is 2.98. The van der Waals surface area contributed by atoms with Crippen molar-refractivity contribution in [3.8, 4) is 17.0 Å². The molecule has 0 radical (unpaired) electrons. The smallest absolute Gasteiger partial charge is 0.206 e. The number of halogens is 1. The molecule has 0 saturated carbocycles. The molecule has 0 aliphatic heterocycles. The predicted octanol–water partition coefficient (Wildman–Crippen LogP) is 5.09. The molecule has 0 spiro atoms. The number of aromatic nitrogens is 1. The van der Waals surface area contributed by atoms with Crippen molar-refractivity contribution in [1.82, 2.24) is 4.68 Å². The first kappa shape index (κ1) is 19.8. The van der Waals surface area contributed by atoms with Crippen molar-refractivity contribution >= 4 is 17.6 Å². The van der Waals surface area contributed by atoms with Crippen LogP contribution in [0.4, 0.5) is 4.39 Å². The number of thiazole rings is 1. The molecule has 1 N–H and O–H groups in total. The van der Waals surface area contributed by atoms with Gasteiger partial charge >= 0.3 is 0 Å². The van der Waals surface area contributed by atoms with E-state index in [1.807, 2.05) is 23.6 Å². The van der Waals surface area contributed by atoms with Gasteiger partial charge in [-0.15, -0.1) is 11.3 Å².